The Morgan fingerprint density at radius 1 is 1.21 bits per heavy atom. The maximum absolute atomic E-state index is 6.20. The molecule has 3 rings (SSSR count). The van der Waals surface area contributed by atoms with Crippen LogP contribution in [-0.2, 0) is 17.6 Å². The largest absolute Gasteiger partial charge is 0.372 e. The molecule has 0 unspecified atom stereocenters. The fourth-order valence-electron chi connectivity index (χ4n) is 3.30. The third kappa shape index (κ3) is 2.72. The monoisotopic (exact) mass is 280 g/mol. The molecule has 2 atom stereocenters. The van der Waals surface area contributed by atoms with E-state index in [1.54, 1.807) is 0 Å². The summed E-state index contributed by atoms with van der Waals surface area (Å²) in [6, 6.07) is 2.05. The van der Waals surface area contributed by atoms with Gasteiger partial charge in [-0.15, -0.1) is 0 Å². The van der Waals surface area contributed by atoms with Crippen molar-refractivity contribution in [2.45, 2.75) is 51.7 Å². The van der Waals surface area contributed by atoms with E-state index in [0.29, 0.717) is 5.15 Å². The van der Waals surface area contributed by atoms with Crippen molar-refractivity contribution in [1.29, 1.82) is 0 Å². The average Bonchev–Trinajstić information content (AvgIpc) is 2.36. The number of anilines is 1. The normalized spacial score (nSPS) is 27.2. The van der Waals surface area contributed by atoms with Crippen LogP contribution < -0.4 is 4.90 Å². The Balaban J connectivity index is 1.97. The molecule has 2 heterocycles. The molecule has 1 fully saturated rings. The number of rotatable bonds is 1. The highest BCUT2D eigenvalue weighted by Crippen LogP contribution is 2.32. The van der Waals surface area contributed by atoms with Gasteiger partial charge in [-0.25, -0.2) is 4.98 Å². The smallest absolute Gasteiger partial charge is 0.133 e. The van der Waals surface area contributed by atoms with Crippen LogP contribution in [0.15, 0.2) is 6.07 Å². The molecule has 0 amide bonds. The highest BCUT2D eigenvalue weighted by atomic mass is 35.5. The first-order chi connectivity index (χ1) is 9.13. The molecular formula is C15H21ClN2O. The van der Waals surface area contributed by atoms with Gasteiger partial charge >= 0.3 is 0 Å². The highest BCUT2D eigenvalue weighted by molar-refractivity contribution is 6.29. The van der Waals surface area contributed by atoms with Crippen molar-refractivity contribution in [2.24, 2.45) is 0 Å². The van der Waals surface area contributed by atoms with Gasteiger partial charge in [-0.05, 0) is 56.7 Å². The summed E-state index contributed by atoms with van der Waals surface area (Å²) in [5.41, 5.74) is 2.81. The summed E-state index contributed by atoms with van der Waals surface area (Å²) >= 11 is 6.20. The first-order valence-corrected chi connectivity index (χ1v) is 7.60. The van der Waals surface area contributed by atoms with Crippen molar-refractivity contribution < 1.29 is 4.74 Å². The molecule has 1 saturated heterocycles. The quantitative estimate of drug-likeness (QED) is 0.739. The van der Waals surface area contributed by atoms with Crippen LogP contribution in [0.2, 0.25) is 5.15 Å². The minimum Gasteiger partial charge on any atom is -0.372 e. The van der Waals surface area contributed by atoms with Crippen molar-refractivity contribution in [3.63, 3.8) is 0 Å². The number of halogens is 1. The van der Waals surface area contributed by atoms with Gasteiger partial charge in [0.05, 0.1) is 12.2 Å². The Morgan fingerprint density at radius 3 is 2.63 bits per heavy atom. The van der Waals surface area contributed by atoms with Gasteiger partial charge in [-0.1, -0.05) is 11.6 Å². The van der Waals surface area contributed by atoms with E-state index in [9.17, 15) is 0 Å². The third-order valence-electron chi connectivity index (χ3n) is 4.01. The topological polar surface area (TPSA) is 25.4 Å². The van der Waals surface area contributed by atoms with E-state index in [-0.39, 0.29) is 12.2 Å². The van der Waals surface area contributed by atoms with Gasteiger partial charge in [0.1, 0.15) is 11.0 Å². The maximum Gasteiger partial charge on any atom is 0.133 e. The van der Waals surface area contributed by atoms with Crippen LogP contribution in [0.25, 0.3) is 0 Å². The molecule has 4 heteroatoms. The lowest BCUT2D eigenvalue weighted by Crippen LogP contribution is -2.46. The van der Waals surface area contributed by atoms with E-state index in [2.05, 4.69) is 23.7 Å². The van der Waals surface area contributed by atoms with Gasteiger partial charge in [-0.3, -0.25) is 0 Å². The molecule has 1 aromatic rings. The van der Waals surface area contributed by atoms with Crippen LogP contribution in [0.4, 0.5) is 5.82 Å². The van der Waals surface area contributed by atoms with Gasteiger partial charge in [0.2, 0.25) is 0 Å². The number of aromatic nitrogens is 1. The lowest BCUT2D eigenvalue weighted by Gasteiger charge is -2.37. The van der Waals surface area contributed by atoms with E-state index < -0.39 is 0 Å². The van der Waals surface area contributed by atoms with Crippen molar-refractivity contribution in [3.8, 4) is 0 Å². The summed E-state index contributed by atoms with van der Waals surface area (Å²) in [6.07, 6.45) is 5.31. The maximum atomic E-state index is 6.20. The van der Waals surface area contributed by atoms with Crippen LogP contribution in [-0.4, -0.2) is 30.3 Å². The molecule has 3 nitrogen and oxygen atoms in total. The second kappa shape index (κ2) is 5.29. The summed E-state index contributed by atoms with van der Waals surface area (Å²) in [5, 5.41) is 0.627. The average molecular weight is 281 g/mol. The van der Waals surface area contributed by atoms with Gasteiger partial charge in [0.25, 0.3) is 0 Å². The van der Waals surface area contributed by atoms with E-state index in [1.807, 2.05) is 6.07 Å². The van der Waals surface area contributed by atoms with Crippen molar-refractivity contribution in [1.82, 2.24) is 4.98 Å². The van der Waals surface area contributed by atoms with Crippen molar-refractivity contribution >= 4 is 17.4 Å². The number of aryl methyl sites for hydroxylation is 1. The zero-order valence-electron chi connectivity index (χ0n) is 11.7. The molecular weight excluding hydrogens is 260 g/mol. The van der Waals surface area contributed by atoms with Crippen LogP contribution in [0, 0.1) is 0 Å². The Labute approximate surface area is 119 Å². The van der Waals surface area contributed by atoms with Crippen LogP contribution in [0.3, 0.4) is 0 Å². The predicted octanol–water partition coefficient (Wildman–Crippen LogP) is 3.23. The van der Waals surface area contributed by atoms with Crippen LogP contribution >= 0.6 is 11.6 Å². The Kier molecular flexibility index (Phi) is 3.68. The SMILES string of the molecule is C[C@@H]1CN(c2nc(Cl)cc3c2CCCC3)C[C@H](C)O1. The summed E-state index contributed by atoms with van der Waals surface area (Å²) in [5.74, 6) is 1.10. The molecule has 2 aliphatic rings. The Hall–Kier alpha value is -0.800. The second-order valence-corrected chi connectivity index (χ2v) is 6.16. The Morgan fingerprint density at radius 2 is 1.89 bits per heavy atom. The fourth-order valence-corrected chi connectivity index (χ4v) is 3.51. The molecule has 0 bridgehead atoms. The molecule has 0 aromatic carbocycles. The molecule has 0 saturated carbocycles. The zero-order chi connectivity index (χ0) is 13.4. The van der Waals surface area contributed by atoms with Gasteiger partial charge in [0.15, 0.2) is 0 Å². The highest BCUT2D eigenvalue weighted by Gasteiger charge is 2.27. The van der Waals surface area contributed by atoms with E-state index >= 15 is 0 Å². The van der Waals surface area contributed by atoms with E-state index in [0.717, 1.165) is 31.7 Å². The summed E-state index contributed by atoms with van der Waals surface area (Å²) < 4.78 is 5.81. The number of pyridine rings is 1. The minimum atomic E-state index is 0.253. The second-order valence-electron chi connectivity index (χ2n) is 5.78. The molecule has 19 heavy (non-hydrogen) atoms. The molecule has 0 spiro atoms. The number of fused-ring (bicyclic) bond motifs is 1. The van der Waals surface area contributed by atoms with Crippen molar-refractivity contribution in [3.05, 3.63) is 22.3 Å². The minimum absolute atomic E-state index is 0.253. The van der Waals surface area contributed by atoms with E-state index in [1.165, 1.54) is 24.0 Å². The molecule has 1 aromatic heterocycles. The molecule has 104 valence electrons. The lowest BCUT2D eigenvalue weighted by molar-refractivity contribution is -0.00551. The van der Waals surface area contributed by atoms with Crippen molar-refractivity contribution in [2.75, 3.05) is 18.0 Å². The standard InChI is InChI=1S/C15H21ClN2O/c1-10-8-18(9-11(2)19-10)15-13-6-4-3-5-12(13)7-14(16)17-15/h7,10-11H,3-6,8-9H2,1-2H3/t10-,11+. The van der Waals surface area contributed by atoms with Gasteiger partial charge in [-0.2, -0.15) is 0 Å². The summed E-state index contributed by atoms with van der Waals surface area (Å²) in [7, 11) is 0. The summed E-state index contributed by atoms with van der Waals surface area (Å²) in [4.78, 5) is 6.97. The fraction of sp³-hybridized carbons (Fsp3) is 0.667. The summed E-state index contributed by atoms with van der Waals surface area (Å²) in [6.45, 7) is 6.06. The number of morpholine rings is 1. The molecule has 0 N–H and O–H groups in total. The first kappa shape index (κ1) is 13.2. The van der Waals surface area contributed by atoms with Crippen LogP contribution in [0.1, 0.15) is 37.8 Å². The number of hydrogen-bond donors (Lipinski definition) is 0. The molecule has 0 radical (unpaired) electrons. The predicted molar refractivity (Wildman–Crippen MR) is 78.1 cm³/mol. The Bertz CT molecular complexity index is 467. The first-order valence-electron chi connectivity index (χ1n) is 7.22. The van der Waals surface area contributed by atoms with Crippen LogP contribution in [0.5, 0.6) is 0 Å². The number of nitrogens with zero attached hydrogens (tertiary/aromatic N) is 2. The number of ether oxygens (including phenoxy) is 1. The third-order valence-corrected chi connectivity index (χ3v) is 4.20. The van der Waals surface area contributed by atoms with E-state index in [4.69, 9.17) is 16.3 Å². The zero-order valence-corrected chi connectivity index (χ0v) is 12.4. The lowest BCUT2D eigenvalue weighted by atomic mass is 9.92. The molecule has 1 aliphatic heterocycles. The van der Waals surface area contributed by atoms with Gasteiger partial charge < -0.3 is 9.64 Å². The molecule has 1 aliphatic carbocycles. The van der Waals surface area contributed by atoms with Gasteiger partial charge in [0, 0.05) is 13.1 Å². The number of hydrogen-bond acceptors (Lipinski definition) is 3.